The van der Waals surface area contributed by atoms with E-state index in [1.807, 2.05) is 6.26 Å². The minimum absolute atomic E-state index is 0.0767. The van der Waals surface area contributed by atoms with Crippen molar-refractivity contribution in [3.63, 3.8) is 0 Å². The van der Waals surface area contributed by atoms with Crippen molar-refractivity contribution in [1.82, 2.24) is 0 Å². The highest BCUT2D eigenvalue weighted by atomic mass is 16.5. The summed E-state index contributed by atoms with van der Waals surface area (Å²) in [6.45, 7) is 5.97. The Kier molecular flexibility index (Phi) is 19.8. The third kappa shape index (κ3) is 16.6. The van der Waals surface area contributed by atoms with E-state index in [1.54, 1.807) is 0 Å². The zero-order valence-corrected chi connectivity index (χ0v) is 21.6. The molecule has 0 amide bonds. The molecular weight excluding hydrogens is 396 g/mol. The molecule has 0 heterocycles. The van der Waals surface area contributed by atoms with Gasteiger partial charge in [0, 0.05) is 0 Å². The molecule has 1 aliphatic rings. The van der Waals surface area contributed by atoms with Gasteiger partial charge in [0.25, 0.3) is 0 Å². The van der Waals surface area contributed by atoms with E-state index in [2.05, 4.69) is 13.8 Å². The first kappa shape index (κ1) is 29.0. The molecule has 0 N–H and O–H groups in total. The number of esters is 1. The molecule has 0 aromatic heterocycles. The molecule has 1 fully saturated rings. The van der Waals surface area contributed by atoms with Gasteiger partial charge < -0.3 is 9.47 Å². The predicted molar refractivity (Wildman–Crippen MR) is 137 cm³/mol. The maximum absolute atomic E-state index is 12.6. The predicted octanol–water partition coefficient (Wildman–Crippen LogP) is 9.29. The summed E-state index contributed by atoms with van der Waals surface area (Å²) in [5.41, 5.74) is 1.48. The van der Waals surface area contributed by atoms with Crippen molar-refractivity contribution in [2.24, 2.45) is 5.92 Å². The second kappa shape index (κ2) is 21.8. The van der Waals surface area contributed by atoms with Crippen LogP contribution in [0.5, 0.6) is 0 Å². The van der Waals surface area contributed by atoms with E-state index >= 15 is 0 Å². The molecule has 0 radical (unpaired) electrons. The maximum atomic E-state index is 12.6. The van der Waals surface area contributed by atoms with Gasteiger partial charge in [0.15, 0.2) is 0 Å². The molecule has 3 nitrogen and oxygen atoms in total. The fourth-order valence-corrected chi connectivity index (χ4v) is 4.33. The van der Waals surface area contributed by atoms with E-state index in [0.29, 0.717) is 6.61 Å². The van der Waals surface area contributed by atoms with Crippen molar-refractivity contribution in [2.45, 2.75) is 149 Å². The summed E-state index contributed by atoms with van der Waals surface area (Å²) in [5, 5.41) is 0. The highest BCUT2D eigenvalue weighted by Gasteiger charge is 2.19. The van der Waals surface area contributed by atoms with Crippen molar-refractivity contribution in [3.05, 3.63) is 11.8 Å². The number of unbranched alkanes of at least 4 members (excludes halogenated alkanes) is 13. The van der Waals surface area contributed by atoms with Crippen LogP contribution in [0.1, 0.15) is 149 Å². The van der Waals surface area contributed by atoms with E-state index in [4.69, 9.17) is 9.47 Å². The SMILES string of the molecule is CCCCCCCCC(CCCCCC)C(=O)OCCCCCCCCOC=C1CCC1. The van der Waals surface area contributed by atoms with Crippen molar-refractivity contribution in [1.29, 1.82) is 0 Å². The average Bonchev–Trinajstić information content (AvgIpc) is 2.76. The van der Waals surface area contributed by atoms with Crippen LogP contribution in [-0.4, -0.2) is 19.2 Å². The summed E-state index contributed by atoms with van der Waals surface area (Å²) in [5.74, 6) is 0.209. The van der Waals surface area contributed by atoms with Crippen LogP contribution < -0.4 is 0 Å². The standard InChI is InChI=1S/C29H54O3/c1-3-5-7-9-12-16-23-28(22-15-8-6-4-2)29(30)32-25-18-14-11-10-13-17-24-31-26-27-20-19-21-27/h26,28H,3-25H2,1-2H3. The van der Waals surface area contributed by atoms with Crippen LogP contribution in [0.25, 0.3) is 0 Å². The van der Waals surface area contributed by atoms with Gasteiger partial charge >= 0.3 is 5.97 Å². The molecular formula is C29H54O3. The van der Waals surface area contributed by atoms with Gasteiger partial charge in [0.1, 0.15) is 0 Å². The Hall–Kier alpha value is -0.990. The maximum Gasteiger partial charge on any atom is 0.308 e. The summed E-state index contributed by atoms with van der Waals surface area (Å²) in [6.07, 6.45) is 27.6. The van der Waals surface area contributed by atoms with E-state index in [1.165, 1.54) is 108 Å². The van der Waals surface area contributed by atoms with E-state index in [0.717, 1.165) is 38.7 Å². The Morgan fingerprint density at radius 1 is 0.719 bits per heavy atom. The Labute approximate surface area is 200 Å². The monoisotopic (exact) mass is 450 g/mol. The highest BCUT2D eigenvalue weighted by molar-refractivity contribution is 5.72. The van der Waals surface area contributed by atoms with Gasteiger partial charge in [-0.2, -0.15) is 0 Å². The third-order valence-corrected chi connectivity index (χ3v) is 6.79. The number of hydrogen-bond acceptors (Lipinski definition) is 3. The van der Waals surface area contributed by atoms with Crippen LogP contribution in [0, 0.1) is 5.92 Å². The smallest absolute Gasteiger partial charge is 0.308 e. The van der Waals surface area contributed by atoms with Crippen LogP contribution in [0.4, 0.5) is 0 Å². The van der Waals surface area contributed by atoms with E-state index in [9.17, 15) is 4.79 Å². The Bertz CT molecular complexity index is 451. The summed E-state index contributed by atoms with van der Waals surface area (Å²) >= 11 is 0. The molecule has 1 rings (SSSR count). The van der Waals surface area contributed by atoms with Crippen LogP contribution in [0.3, 0.4) is 0 Å². The fraction of sp³-hybridized carbons (Fsp3) is 0.897. The Morgan fingerprint density at radius 2 is 1.22 bits per heavy atom. The van der Waals surface area contributed by atoms with Crippen LogP contribution in [-0.2, 0) is 14.3 Å². The fourth-order valence-electron chi connectivity index (χ4n) is 4.33. The van der Waals surface area contributed by atoms with E-state index < -0.39 is 0 Å². The number of allylic oxidation sites excluding steroid dienone is 1. The Balaban J connectivity index is 2.03. The second-order valence-electron chi connectivity index (χ2n) is 9.89. The van der Waals surface area contributed by atoms with Gasteiger partial charge in [0.2, 0.25) is 0 Å². The van der Waals surface area contributed by atoms with E-state index in [-0.39, 0.29) is 11.9 Å². The molecule has 32 heavy (non-hydrogen) atoms. The quantitative estimate of drug-likeness (QED) is 0.0883. The lowest BCUT2D eigenvalue weighted by molar-refractivity contribution is -0.149. The van der Waals surface area contributed by atoms with Gasteiger partial charge in [-0.1, -0.05) is 104 Å². The molecule has 0 aromatic rings. The largest absolute Gasteiger partial charge is 0.501 e. The molecule has 188 valence electrons. The van der Waals surface area contributed by atoms with Gasteiger partial charge in [-0.25, -0.2) is 0 Å². The first-order chi connectivity index (χ1) is 15.8. The summed E-state index contributed by atoms with van der Waals surface area (Å²) in [6, 6.07) is 0. The van der Waals surface area contributed by atoms with Crippen molar-refractivity contribution < 1.29 is 14.3 Å². The first-order valence-electron chi connectivity index (χ1n) is 14.2. The molecule has 1 atom stereocenters. The zero-order valence-electron chi connectivity index (χ0n) is 21.6. The van der Waals surface area contributed by atoms with Crippen molar-refractivity contribution in [3.8, 4) is 0 Å². The molecule has 0 bridgehead atoms. The van der Waals surface area contributed by atoms with Crippen molar-refractivity contribution in [2.75, 3.05) is 13.2 Å². The normalized spacial score (nSPS) is 14.1. The number of rotatable bonds is 23. The minimum atomic E-state index is 0.0767. The first-order valence-corrected chi connectivity index (χ1v) is 14.2. The molecule has 0 spiro atoms. The lowest BCUT2D eigenvalue weighted by Gasteiger charge is -2.16. The van der Waals surface area contributed by atoms with Crippen LogP contribution in [0.15, 0.2) is 11.8 Å². The van der Waals surface area contributed by atoms with Gasteiger partial charge in [-0.3, -0.25) is 4.79 Å². The van der Waals surface area contributed by atoms with Gasteiger partial charge in [-0.15, -0.1) is 0 Å². The van der Waals surface area contributed by atoms with Crippen LogP contribution >= 0.6 is 0 Å². The molecule has 0 aromatic carbocycles. The number of hydrogen-bond donors (Lipinski definition) is 0. The number of carbonyl (C=O) groups is 1. The molecule has 0 aliphatic heterocycles. The number of ether oxygens (including phenoxy) is 2. The summed E-state index contributed by atoms with van der Waals surface area (Å²) < 4.78 is 11.3. The molecule has 0 saturated heterocycles. The zero-order chi connectivity index (χ0) is 23.1. The minimum Gasteiger partial charge on any atom is -0.501 e. The molecule has 1 saturated carbocycles. The summed E-state index contributed by atoms with van der Waals surface area (Å²) in [7, 11) is 0. The lowest BCUT2D eigenvalue weighted by atomic mass is 9.94. The third-order valence-electron chi connectivity index (χ3n) is 6.79. The van der Waals surface area contributed by atoms with Crippen molar-refractivity contribution >= 4 is 5.97 Å². The molecule has 3 heteroatoms. The lowest BCUT2D eigenvalue weighted by Crippen LogP contribution is -2.18. The summed E-state index contributed by atoms with van der Waals surface area (Å²) in [4.78, 5) is 12.6. The second-order valence-corrected chi connectivity index (χ2v) is 9.89. The van der Waals surface area contributed by atoms with Gasteiger partial charge in [0.05, 0.1) is 25.4 Å². The highest BCUT2D eigenvalue weighted by Crippen LogP contribution is 2.25. The van der Waals surface area contributed by atoms with Crippen LogP contribution in [0.2, 0.25) is 0 Å². The topological polar surface area (TPSA) is 35.5 Å². The number of carbonyl (C=O) groups excluding carboxylic acids is 1. The molecule has 1 unspecified atom stereocenters. The molecule has 1 aliphatic carbocycles. The Morgan fingerprint density at radius 3 is 1.78 bits per heavy atom. The average molecular weight is 451 g/mol. The van der Waals surface area contributed by atoms with Gasteiger partial charge in [-0.05, 0) is 50.5 Å².